The number of halogens is 3. The second-order valence-electron chi connectivity index (χ2n) is 10.1. The van der Waals surface area contributed by atoms with Crippen molar-refractivity contribution in [1.82, 2.24) is 24.6 Å². The van der Waals surface area contributed by atoms with Crippen molar-refractivity contribution in [2.24, 2.45) is 5.92 Å². The number of hydrogen-bond acceptors (Lipinski definition) is 7. The fraction of sp³-hybridized carbons (Fsp3) is 0.276. The standard InChI is InChI=1S/C29H24F3N7O2/c30-21-4-1-5-22(31)26(21)41-19-8-9-20(23(32)12-19)25-24-27(34)35-15-36-28(24)39(37-25)14-18-3-2-10-38(18)29(40)17(13-33)11-16-6-7-16/h1,4-5,8-9,11-12,15-16,18H,2-3,6-7,10,14H2,(H2,34,35,36)/b17-11-/t18-/m0/s1. The normalized spacial score (nSPS) is 17.2. The Kier molecular flexibility index (Phi) is 6.78. The van der Waals surface area contributed by atoms with Crippen molar-refractivity contribution in [1.29, 1.82) is 5.26 Å². The van der Waals surface area contributed by atoms with E-state index in [0.29, 0.717) is 24.0 Å². The minimum Gasteiger partial charge on any atom is -0.451 e. The SMILES string of the molecule is N#C/C(=C/C1CC1)C(=O)N1CCC[C@H]1Cn1nc(-c2ccc(Oc3c(F)cccc3F)cc2F)c2c(N)ncnc21. The lowest BCUT2D eigenvalue weighted by atomic mass is 10.1. The number of rotatable bonds is 7. The van der Waals surface area contributed by atoms with Crippen molar-refractivity contribution in [3.63, 3.8) is 0 Å². The Morgan fingerprint density at radius 1 is 1.12 bits per heavy atom. The number of carbonyl (C=O) groups is 1. The molecule has 2 aliphatic rings. The molecule has 1 saturated carbocycles. The average molecular weight is 560 g/mol. The number of carbonyl (C=O) groups excluding carboxylic acids is 1. The first-order chi connectivity index (χ1) is 19.8. The second-order valence-corrected chi connectivity index (χ2v) is 10.1. The Balaban J connectivity index is 1.32. The molecule has 4 aromatic rings. The van der Waals surface area contributed by atoms with Crippen molar-refractivity contribution < 1.29 is 22.7 Å². The van der Waals surface area contributed by atoms with Crippen LogP contribution >= 0.6 is 0 Å². The van der Waals surface area contributed by atoms with Crippen LogP contribution in [0.15, 0.2) is 54.4 Å². The van der Waals surface area contributed by atoms with Gasteiger partial charge in [-0.15, -0.1) is 0 Å². The molecule has 12 heteroatoms. The van der Waals surface area contributed by atoms with Crippen LogP contribution in [0, 0.1) is 34.7 Å². The molecule has 0 spiro atoms. The summed E-state index contributed by atoms with van der Waals surface area (Å²) in [6, 6.07) is 8.79. The summed E-state index contributed by atoms with van der Waals surface area (Å²) in [6.45, 7) is 0.755. The maximum atomic E-state index is 15.4. The third kappa shape index (κ3) is 5.06. The summed E-state index contributed by atoms with van der Waals surface area (Å²) in [5.74, 6) is -3.31. The molecule has 2 N–H and O–H groups in total. The van der Waals surface area contributed by atoms with E-state index in [-0.39, 0.29) is 52.8 Å². The smallest absolute Gasteiger partial charge is 0.264 e. The summed E-state index contributed by atoms with van der Waals surface area (Å²) >= 11 is 0. The Bertz CT molecular complexity index is 1720. The van der Waals surface area contributed by atoms with Crippen molar-refractivity contribution in [3.05, 3.63) is 71.8 Å². The molecule has 1 aliphatic carbocycles. The maximum absolute atomic E-state index is 15.4. The third-order valence-electron chi connectivity index (χ3n) is 7.29. The number of likely N-dealkylation sites (tertiary alicyclic amines) is 1. The number of nitrogen functional groups attached to an aromatic ring is 1. The molecule has 1 atom stereocenters. The van der Waals surface area contributed by atoms with E-state index in [1.165, 1.54) is 24.5 Å². The minimum absolute atomic E-state index is 0.0510. The van der Waals surface area contributed by atoms with E-state index in [1.54, 1.807) is 15.7 Å². The highest BCUT2D eigenvalue weighted by Gasteiger charge is 2.33. The number of allylic oxidation sites excluding steroid dienone is 1. The predicted octanol–water partition coefficient (Wildman–Crippen LogP) is 5.14. The van der Waals surface area contributed by atoms with Crippen LogP contribution in [-0.2, 0) is 11.3 Å². The molecule has 0 bridgehead atoms. The van der Waals surface area contributed by atoms with Crippen LogP contribution in [0.4, 0.5) is 19.0 Å². The summed E-state index contributed by atoms with van der Waals surface area (Å²) < 4.78 is 50.3. The summed E-state index contributed by atoms with van der Waals surface area (Å²) in [5.41, 5.74) is 6.90. The Morgan fingerprint density at radius 3 is 2.61 bits per heavy atom. The molecule has 0 radical (unpaired) electrons. The zero-order valence-corrected chi connectivity index (χ0v) is 21.7. The topological polar surface area (TPSA) is 123 Å². The zero-order valence-electron chi connectivity index (χ0n) is 21.7. The van der Waals surface area contributed by atoms with Gasteiger partial charge in [-0.05, 0) is 55.9 Å². The lowest BCUT2D eigenvalue weighted by Crippen LogP contribution is -2.39. The number of hydrogen-bond donors (Lipinski definition) is 1. The van der Waals surface area contributed by atoms with Gasteiger partial charge in [0.25, 0.3) is 5.91 Å². The molecule has 2 fully saturated rings. The van der Waals surface area contributed by atoms with E-state index in [1.807, 2.05) is 6.07 Å². The number of fused-ring (bicyclic) bond motifs is 1. The maximum Gasteiger partial charge on any atom is 0.264 e. The fourth-order valence-corrected chi connectivity index (χ4v) is 5.10. The van der Waals surface area contributed by atoms with Gasteiger partial charge in [-0.3, -0.25) is 4.79 Å². The minimum atomic E-state index is -0.923. The van der Waals surface area contributed by atoms with E-state index in [9.17, 15) is 18.8 Å². The van der Waals surface area contributed by atoms with Crippen molar-refractivity contribution >= 4 is 22.8 Å². The number of aromatic nitrogens is 4. The monoisotopic (exact) mass is 559 g/mol. The van der Waals surface area contributed by atoms with Crippen LogP contribution in [0.2, 0.25) is 0 Å². The first-order valence-corrected chi connectivity index (χ1v) is 13.2. The highest BCUT2D eigenvalue weighted by molar-refractivity contribution is 5.99. The number of para-hydroxylation sites is 1. The van der Waals surface area contributed by atoms with E-state index >= 15 is 4.39 Å². The molecule has 1 aliphatic heterocycles. The van der Waals surface area contributed by atoms with Crippen LogP contribution in [0.25, 0.3) is 22.3 Å². The van der Waals surface area contributed by atoms with Gasteiger partial charge in [0.1, 0.15) is 41.0 Å². The predicted molar refractivity (Wildman–Crippen MR) is 143 cm³/mol. The Labute approximate surface area is 232 Å². The van der Waals surface area contributed by atoms with Crippen LogP contribution in [-0.4, -0.2) is 43.1 Å². The lowest BCUT2D eigenvalue weighted by molar-refractivity contribution is -0.127. The Morgan fingerprint density at radius 2 is 1.90 bits per heavy atom. The molecule has 0 unspecified atom stereocenters. The number of benzene rings is 2. The molecule has 2 aromatic heterocycles. The van der Waals surface area contributed by atoms with Crippen LogP contribution in [0.3, 0.4) is 0 Å². The second kappa shape index (κ2) is 10.6. The van der Waals surface area contributed by atoms with Gasteiger partial charge in [-0.25, -0.2) is 27.8 Å². The molecule has 3 heterocycles. The van der Waals surface area contributed by atoms with E-state index in [2.05, 4.69) is 15.1 Å². The first kappa shape index (κ1) is 26.3. The highest BCUT2D eigenvalue weighted by atomic mass is 19.1. The number of nitrogens with two attached hydrogens (primary N) is 1. The third-order valence-corrected chi connectivity index (χ3v) is 7.29. The number of amides is 1. The molecular formula is C29H24F3N7O2. The van der Waals surface area contributed by atoms with Gasteiger partial charge in [0.2, 0.25) is 0 Å². The van der Waals surface area contributed by atoms with Crippen LogP contribution < -0.4 is 10.5 Å². The largest absolute Gasteiger partial charge is 0.451 e. The van der Waals surface area contributed by atoms with E-state index in [0.717, 1.165) is 37.5 Å². The van der Waals surface area contributed by atoms with Crippen molar-refractivity contribution in [2.45, 2.75) is 38.3 Å². The summed E-state index contributed by atoms with van der Waals surface area (Å²) in [6.07, 6.45) is 6.45. The summed E-state index contributed by atoms with van der Waals surface area (Å²) in [4.78, 5) is 23.3. The fourth-order valence-electron chi connectivity index (χ4n) is 5.10. The quantitative estimate of drug-likeness (QED) is 0.246. The lowest BCUT2D eigenvalue weighted by Gasteiger charge is -2.24. The van der Waals surface area contributed by atoms with Crippen molar-refractivity contribution in [2.75, 3.05) is 12.3 Å². The van der Waals surface area contributed by atoms with Gasteiger partial charge in [0, 0.05) is 18.2 Å². The number of nitrogens with zero attached hydrogens (tertiary/aromatic N) is 6. The highest BCUT2D eigenvalue weighted by Crippen LogP contribution is 2.36. The van der Waals surface area contributed by atoms with Gasteiger partial charge in [-0.1, -0.05) is 12.1 Å². The van der Waals surface area contributed by atoms with Crippen LogP contribution in [0.1, 0.15) is 25.7 Å². The molecular weight excluding hydrogens is 535 g/mol. The molecule has 6 rings (SSSR count). The molecule has 208 valence electrons. The summed E-state index contributed by atoms with van der Waals surface area (Å²) in [5, 5.41) is 14.5. The Hall–Kier alpha value is -4.92. The molecule has 41 heavy (non-hydrogen) atoms. The average Bonchev–Trinajstić information content (AvgIpc) is 3.53. The number of nitriles is 1. The first-order valence-electron chi connectivity index (χ1n) is 13.2. The molecule has 1 amide bonds. The van der Waals surface area contributed by atoms with E-state index in [4.69, 9.17) is 10.5 Å². The van der Waals surface area contributed by atoms with E-state index < -0.39 is 23.2 Å². The van der Waals surface area contributed by atoms with Gasteiger partial charge in [0.05, 0.1) is 18.0 Å². The van der Waals surface area contributed by atoms with Crippen molar-refractivity contribution in [3.8, 4) is 28.8 Å². The van der Waals surface area contributed by atoms with Gasteiger partial charge in [0.15, 0.2) is 23.0 Å². The van der Waals surface area contributed by atoms with Gasteiger partial charge in [-0.2, -0.15) is 10.4 Å². The van der Waals surface area contributed by atoms with Crippen LogP contribution in [0.5, 0.6) is 11.5 Å². The van der Waals surface area contributed by atoms with Gasteiger partial charge < -0.3 is 15.4 Å². The number of anilines is 1. The zero-order chi connectivity index (χ0) is 28.7. The molecule has 2 aromatic carbocycles. The summed E-state index contributed by atoms with van der Waals surface area (Å²) in [7, 11) is 0. The molecule has 1 saturated heterocycles. The van der Waals surface area contributed by atoms with Gasteiger partial charge >= 0.3 is 0 Å². The number of ether oxygens (including phenoxy) is 1. The molecule has 9 nitrogen and oxygen atoms in total.